The van der Waals surface area contributed by atoms with Gasteiger partial charge in [-0.2, -0.15) is 0 Å². The molecule has 112 valence electrons. The first-order chi connectivity index (χ1) is 10.5. The highest BCUT2D eigenvalue weighted by Gasteiger charge is 2.18. The molecule has 3 aromatic rings. The van der Waals surface area contributed by atoms with Crippen molar-refractivity contribution in [3.05, 3.63) is 64.0 Å². The van der Waals surface area contributed by atoms with Crippen LogP contribution < -0.4 is 5.32 Å². The van der Waals surface area contributed by atoms with Crippen LogP contribution in [0.15, 0.2) is 46.9 Å². The van der Waals surface area contributed by atoms with Gasteiger partial charge in [0.25, 0.3) is 5.91 Å². The highest BCUT2D eigenvalue weighted by Crippen LogP contribution is 2.23. The maximum absolute atomic E-state index is 12.3. The Morgan fingerprint density at radius 1 is 1.23 bits per heavy atom. The Hall–Kier alpha value is -2.04. The second-order valence-corrected chi connectivity index (χ2v) is 5.68. The van der Waals surface area contributed by atoms with Crippen LogP contribution in [0.5, 0.6) is 0 Å². The first-order valence-electron chi connectivity index (χ1n) is 6.66. The van der Waals surface area contributed by atoms with Gasteiger partial charge >= 0.3 is 0 Å². The summed E-state index contributed by atoms with van der Waals surface area (Å²) in [5, 5.41) is 3.59. The maximum Gasteiger partial charge on any atom is 0.253 e. The standard InChI is InChI=1S/C16H12Cl2N2O2/c1-9(16-20-13-4-2-3-5-14(13)22-16)19-15(21)11-8-10(17)6-7-12(11)18/h2-9H,1H3,(H,19,21). The smallest absolute Gasteiger partial charge is 0.253 e. The normalized spacial score (nSPS) is 12.3. The van der Waals surface area contributed by atoms with E-state index in [2.05, 4.69) is 10.3 Å². The van der Waals surface area contributed by atoms with Gasteiger partial charge in [-0.3, -0.25) is 4.79 Å². The topological polar surface area (TPSA) is 55.1 Å². The quantitative estimate of drug-likeness (QED) is 0.759. The fourth-order valence-corrected chi connectivity index (χ4v) is 2.46. The zero-order valence-corrected chi connectivity index (χ0v) is 13.2. The van der Waals surface area contributed by atoms with Crippen molar-refractivity contribution in [2.45, 2.75) is 13.0 Å². The average Bonchev–Trinajstić information content (AvgIpc) is 2.93. The Morgan fingerprint density at radius 3 is 2.77 bits per heavy atom. The van der Waals surface area contributed by atoms with Gasteiger partial charge in [0.15, 0.2) is 5.58 Å². The summed E-state index contributed by atoms with van der Waals surface area (Å²) in [5.74, 6) is 0.106. The Balaban J connectivity index is 1.82. The summed E-state index contributed by atoms with van der Waals surface area (Å²) >= 11 is 11.9. The van der Waals surface area contributed by atoms with Crippen molar-refractivity contribution in [1.82, 2.24) is 10.3 Å². The lowest BCUT2D eigenvalue weighted by molar-refractivity contribution is 0.0934. The summed E-state index contributed by atoms with van der Waals surface area (Å²) in [5.41, 5.74) is 1.75. The summed E-state index contributed by atoms with van der Waals surface area (Å²) < 4.78 is 5.64. The molecule has 1 N–H and O–H groups in total. The molecule has 22 heavy (non-hydrogen) atoms. The van der Waals surface area contributed by atoms with E-state index in [1.807, 2.05) is 24.3 Å². The van der Waals surface area contributed by atoms with Crippen LogP contribution in [0, 0.1) is 0 Å². The number of hydrogen-bond acceptors (Lipinski definition) is 3. The average molecular weight is 335 g/mol. The number of carbonyl (C=O) groups excluding carboxylic acids is 1. The molecule has 0 saturated carbocycles. The summed E-state index contributed by atoms with van der Waals surface area (Å²) in [6.45, 7) is 1.79. The van der Waals surface area contributed by atoms with Crippen molar-refractivity contribution < 1.29 is 9.21 Å². The third-order valence-electron chi connectivity index (χ3n) is 3.20. The van der Waals surface area contributed by atoms with E-state index in [1.165, 1.54) is 6.07 Å². The summed E-state index contributed by atoms with van der Waals surface area (Å²) in [4.78, 5) is 16.7. The molecule has 0 fully saturated rings. The van der Waals surface area contributed by atoms with Crippen LogP contribution in [0.2, 0.25) is 10.0 Å². The fourth-order valence-electron chi connectivity index (χ4n) is 2.08. The summed E-state index contributed by atoms with van der Waals surface area (Å²) in [6, 6.07) is 11.8. The molecular weight excluding hydrogens is 323 g/mol. The maximum atomic E-state index is 12.3. The molecule has 6 heteroatoms. The number of para-hydroxylation sites is 2. The van der Waals surface area contributed by atoms with Crippen molar-refractivity contribution >= 4 is 40.2 Å². The lowest BCUT2D eigenvalue weighted by Gasteiger charge is -2.11. The number of aromatic nitrogens is 1. The predicted octanol–water partition coefficient (Wildman–Crippen LogP) is 4.63. The largest absolute Gasteiger partial charge is 0.438 e. The van der Waals surface area contributed by atoms with E-state index >= 15 is 0 Å². The Kier molecular flexibility index (Phi) is 4.05. The van der Waals surface area contributed by atoms with Crippen LogP contribution in [0.1, 0.15) is 29.2 Å². The van der Waals surface area contributed by atoms with Crippen molar-refractivity contribution in [3.63, 3.8) is 0 Å². The van der Waals surface area contributed by atoms with Gasteiger partial charge in [0, 0.05) is 5.02 Å². The minimum atomic E-state index is -0.394. The molecule has 0 aliphatic carbocycles. The first kappa shape index (κ1) is 14.9. The van der Waals surface area contributed by atoms with Gasteiger partial charge in [-0.25, -0.2) is 4.98 Å². The van der Waals surface area contributed by atoms with Gasteiger partial charge in [-0.05, 0) is 37.3 Å². The lowest BCUT2D eigenvalue weighted by Crippen LogP contribution is -2.27. The minimum absolute atomic E-state index is 0.317. The number of amides is 1. The molecule has 0 aliphatic rings. The molecule has 1 atom stereocenters. The first-order valence-corrected chi connectivity index (χ1v) is 7.41. The zero-order chi connectivity index (χ0) is 15.7. The van der Waals surface area contributed by atoms with Gasteiger partial charge in [0.05, 0.1) is 10.6 Å². The highest BCUT2D eigenvalue weighted by molar-refractivity contribution is 6.35. The summed E-state index contributed by atoms with van der Waals surface area (Å²) in [7, 11) is 0. The molecule has 1 aromatic heterocycles. The SMILES string of the molecule is CC(NC(=O)c1cc(Cl)ccc1Cl)c1nc2ccccc2o1. The number of nitrogens with zero attached hydrogens (tertiary/aromatic N) is 1. The molecule has 1 heterocycles. The number of fused-ring (bicyclic) bond motifs is 1. The molecule has 0 radical (unpaired) electrons. The van der Waals surface area contributed by atoms with Crippen molar-refractivity contribution in [1.29, 1.82) is 0 Å². The van der Waals surface area contributed by atoms with E-state index in [4.69, 9.17) is 27.6 Å². The van der Waals surface area contributed by atoms with E-state index in [0.717, 1.165) is 5.52 Å². The number of rotatable bonds is 3. The van der Waals surface area contributed by atoms with Crippen molar-refractivity contribution in [2.75, 3.05) is 0 Å². The monoisotopic (exact) mass is 334 g/mol. The third-order valence-corrected chi connectivity index (χ3v) is 3.77. The van der Waals surface area contributed by atoms with E-state index in [9.17, 15) is 4.79 Å². The Labute approximate surface area is 137 Å². The molecule has 0 saturated heterocycles. The predicted molar refractivity (Wildman–Crippen MR) is 86.4 cm³/mol. The zero-order valence-electron chi connectivity index (χ0n) is 11.6. The number of carbonyl (C=O) groups is 1. The van der Waals surface area contributed by atoms with Crippen LogP contribution in [-0.2, 0) is 0 Å². The van der Waals surface area contributed by atoms with Crippen LogP contribution in [0.4, 0.5) is 0 Å². The van der Waals surface area contributed by atoms with Crippen LogP contribution >= 0.6 is 23.2 Å². The van der Waals surface area contributed by atoms with Gasteiger partial charge in [0.2, 0.25) is 5.89 Å². The van der Waals surface area contributed by atoms with Gasteiger partial charge in [-0.1, -0.05) is 35.3 Å². The van der Waals surface area contributed by atoms with Gasteiger partial charge in [-0.15, -0.1) is 0 Å². The third kappa shape index (κ3) is 2.93. The molecule has 1 unspecified atom stereocenters. The minimum Gasteiger partial charge on any atom is -0.438 e. The van der Waals surface area contributed by atoms with E-state index in [-0.39, 0.29) is 5.91 Å². The Morgan fingerprint density at radius 2 is 2.00 bits per heavy atom. The molecule has 4 nitrogen and oxygen atoms in total. The van der Waals surface area contributed by atoms with Gasteiger partial charge in [0.1, 0.15) is 11.6 Å². The highest BCUT2D eigenvalue weighted by atomic mass is 35.5. The number of nitrogens with one attached hydrogen (secondary N) is 1. The Bertz CT molecular complexity index is 812. The molecule has 0 bridgehead atoms. The van der Waals surface area contributed by atoms with Gasteiger partial charge < -0.3 is 9.73 Å². The second kappa shape index (κ2) is 5.99. The molecule has 2 aromatic carbocycles. The number of benzene rings is 2. The second-order valence-electron chi connectivity index (χ2n) is 4.84. The molecular formula is C16H12Cl2N2O2. The van der Waals surface area contributed by atoms with Crippen LogP contribution in [-0.4, -0.2) is 10.9 Å². The number of oxazole rings is 1. The lowest BCUT2D eigenvalue weighted by atomic mass is 10.2. The van der Waals surface area contributed by atoms with E-state index in [0.29, 0.717) is 27.1 Å². The number of halogens is 2. The number of hydrogen-bond donors (Lipinski definition) is 1. The fraction of sp³-hybridized carbons (Fsp3) is 0.125. The van der Waals surface area contributed by atoms with Crippen molar-refractivity contribution in [2.24, 2.45) is 0 Å². The molecule has 3 rings (SSSR count). The molecule has 1 amide bonds. The van der Waals surface area contributed by atoms with Crippen molar-refractivity contribution in [3.8, 4) is 0 Å². The van der Waals surface area contributed by atoms with Crippen LogP contribution in [0.3, 0.4) is 0 Å². The molecule has 0 aliphatic heterocycles. The van der Waals surface area contributed by atoms with E-state index < -0.39 is 6.04 Å². The van der Waals surface area contributed by atoms with Crippen LogP contribution in [0.25, 0.3) is 11.1 Å². The van der Waals surface area contributed by atoms with E-state index in [1.54, 1.807) is 19.1 Å². The summed E-state index contributed by atoms with van der Waals surface area (Å²) in [6.07, 6.45) is 0. The molecule has 0 spiro atoms.